The fourth-order valence-electron chi connectivity index (χ4n) is 2.04. The van der Waals surface area contributed by atoms with Crippen LogP contribution in [0.15, 0.2) is 5.10 Å². The molecule has 2 rings (SSSR count). The van der Waals surface area contributed by atoms with Crippen molar-refractivity contribution in [3.63, 3.8) is 0 Å². The van der Waals surface area contributed by atoms with Crippen LogP contribution in [-0.2, 0) is 4.79 Å². The van der Waals surface area contributed by atoms with E-state index in [2.05, 4.69) is 29.7 Å². The third kappa shape index (κ3) is 1.35. The zero-order valence-corrected chi connectivity index (χ0v) is 8.00. The normalized spacial score (nSPS) is 32.8. The van der Waals surface area contributed by atoms with E-state index in [1.165, 1.54) is 0 Å². The number of nitrogens with one attached hydrogen (secondary N) is 2. The molecular formula is C9H15N3O. The first kappa shape index (κ1) is 8.69. The molecule has 0 aromatic heterocycles. The molecule has 72 valence electrons. The number of carbonyl (C=O) groups excluding carboxylic acids is 1. The van der Waals surface area contributed by atoms with Crippen LogP contribution in [0.5, 0.6) is 0 Å². The minimum Gasteiger partial charge on any atom is -0.309 e. The Bertz CT molecular complexity index is 260. The minimum absolute atomic E-state index is 0.0358. The van der Waals surface area contributed by atoms with Gasteiger partial charge < -0.3 is 5.32 Å². The topological polar surface area (TPSA) is 53.5 Å². The largest absolute Gasteiger partial charge is 0.309 e. The highest BCUT2D eigenvalue weighted by molar-refractivity contribution is 6.10. The molecule has 2 atom stereocenters. The first-order valence-corrected chi connectivity index (χ1v) is 4.81. The van der Waals surface area contributed by atoms with Crippen molar-refractivity contribution in [3.05, 3.63) is 0 Å². The molecule has 0 radical (unpaired) electrons. The maximum absolute atomic E-state index is 11.3. The van der Waals surface area contributed by atoms with Crippen molar-refractivity contribution >= 4 is 11.6 Å². The fourth-order valence-corrected chi connectivity index (χ4v) is 2.04. The molecule has 2 heterocycles. The number of nitrogens with zero attached hydrogens (tertiary/aromatic N) is 1. The lowest BCUT2D eigenvalue weighted by Crippen LogP contribution is -2.49. The smallest absolute Gasteiger partial charge is 0.249 e. The van der Waals surface area contributed by atoms with Crippen molar-refractivity contribution in [1.82, 2.24) is 10.7 Å². The third-order valence-corrected chi connectivity index (χ3v) is 2.75. The maximum Gasteiger partial charge on any atom is 0.249 e. The summed E-state index contributed by atoms with van der Waals surface area (Å²) in [6.45, 7) is 5.21. The highest BCUT2D eigenvalue weighted by Crippen LogP contribution is 2.21. The average molecular weight is 181 g/mol. The molecule has 13 heavy (non-hydrogen) atoms. The lowest BCUT2D eigenvalue weighted by molar-refractivity contribution is -0.122. The Balaban J connectivity index is 2.20. The molecule has 1 saturated heterocycles. The Morgan fingerprint density at radius 3 is 3.00 bits per heavy atom. The van der Waals surface area contributed by atoms with E-state index in [0.29, 0.717) is 5.92 Å². The molecule has 0 bridgehead atoms. The molecular weight excluding hydrogens is 166 g/mol. The van der Waals surface area contributed by atoms with Crippen LogP contribution >= 0.6 is 0 Å². The Morgan fingerprint density at radius 1 is 1.54 bits per heavy atom. The van der Waals surface area contributed by atoms with Crippen LogP contribution in [0.4, 0.5) is 0 Å². The number of fused-ring (bicyclic) bond motifs is 1. The van der Waals surface area contributed by atoms with E-state index in [4.69, 9.17) is 0 Å². The molecule has 2 N–H and O–H groups in total. The number of piperidine rings is 1. The van der Waals surface area contributed by atoms with Gasteiger partial charge in [-0.1, -0.05) is 13.8 Å². The molecule has 1 amide bonds. The summed E-state index contributed by atoms with van der Waals surface area (Å²) in [4.78, 5) is 11.3. The van der Waals surface area contributed by atoms with Gasteiger partial charge in [0.1, 0.15) is 0 Å². The summed E-state index contributed by atoms with van der Waals surface area (Å²) in [7, 11) is 0. The minimum atomic E-state index is 0.0358. The van der Waals surface area contributed by atoms with E-state index in [-0.39, 0.29) is 17.9 Å². The molecule has 4 heteroatoms. The number of hydrazone groups is 1. The second-order valence-electron chi connectivity index (χ2n) is 4.03. The van der Waals surface area contributed by atoms with Crippen molar-refractivity contribution in [2.24, 2.45) is 16.9 Å². The van der Waals surface area contributed by atoms with Crippen molar-refractivity contribution < 1.29 is 4.79 Å². The molecule has 0 spiro atoms. The molecule has 0 aromatic rings. The summed E-state index contributed by atoms with van der Waals surface area (Å²) < 4.78 is 0. The molecule has 0 aromatic carbocycles. The van der Waals surface area contributed by atoms with Crippen LogP contribution in [0.25, 0.3) is 0 Å². The number of hydrogen-bond donors (Lipinski definition) is 2. The Morgan fingerprint density at radius 2 is 2.31 bits per heavy atom. The zero-order chi connectivity index (χ0) is 9.42. The SMILES string of the molecule is CC(C)C1NCCC2C(=O)NN=C21. The van der Waals surface area contributed by atoms with E-state index in [1.54, 1.807) is 0 Å². The molecule has 2 aliphatic rings. The average Bonchev–Trinajstić information content (AvgIpc) is 2.48. The quantitative estimate of drug-likeness (QED) is 0.603. The highest BCUT2D eigenvalue weighted by Gasteiger charge is 2.38. The van der Waals surface area contributed by atoms with Gasteiger partial charge in [0.15, 0.2) is 0 Å². The van der Waals surface area contributed by atoms with Crippen LogP contribution in [0.2, 0.25) is 0 Å². The van der Waals surface area contributed by atoms with Crippen molar-refractivity contribution in [2.75, 3.05) is 6.54 Å². The van der Waals surface area contributed by atoms with Crippen molar-refractivity contribution in [2.45, 2.75) is 26.3 Å². The van der Waals surface area contributed by atoms with Gasteiger partial charge in [-0.15, -0.1) is 0 Å². The number of carbonyl (C=O) groups is 1. The van der Waals surface area contributed by atoms with Gasteiger partial charge in [0.2, 0.25) is 5.91 Å². The Hall–Kier alpha value is -0.900. The molecule has 0 saturated carbocycles. The van der Waals surface area contributed by atoms with E-state index in [0.717, 1.165) is 18.7 Å². The van der Waals surface area contributed by atoms with Crippen LogP contribution in [0, 0.1) is 11.8 Å². The van der Waals surface area contributed by atoms with Gasteiger partial charge in [-0.25, -0.2) is 5.43 Å². The molecule has 4 nitrogen and oxygen atoms in total. The summed E-state index contributed by atoms with van der Waals surface area (Å²) in [5, 5.41) is 7.48. The fraction of sp³-hybridized carbons (Fsp3) is 0.778. The predicted molar refractivity (Wildman–Crippen MR) is 50.3 cm³/mol. The summed E-state index contributed by atoms with van der Waals surface area (Å²) in [6, 6.07) is 0.276. The van der Waals surface area contributed by atoms with E-state index in [1.807, 2.05) is 0 Å². The van der Waals surface area contributed by atoms with Gasteiger partial charge in [0.05, 0.1) is 17.7 Å². The summed E-state index contributed by atoms with van der Waals surface area (Å²) in [5.41, 5.74) is 3.56. The van der Waals surface area contributed by atoms with Crippen LogP contribution in [-0.4, -0.2) is 24.2 Å². The first-order valence-electron chi connectivity index (χ1n) is 4.81. The van der Waals surface area contributed by atoms with Crippen molar-refractivity contribution in [1.29, 1.82) is 0 Å². The van der Waals surface area contributed by atoms with Gasteiger partial charge in [-0.2, -0.15) is 5.10 Å². The maximum atomic E-state index is 11.3. The van der Waals surface area contributed by atoms with E-state index in [9.17, 15) is 4.79 Å². The van der Waals surface area contributed by atoms with Gasteiger partial charge in [0, 0.05) is 0 Å². The van der Waals surface area contributed by atoms with Gasteiger partial charge in [-0.05, 0) is 18.9 Å². The number of amides is 1. The summed E-state index contributed by atoms with van der Waals surface area (Å²) >= 11 is 0. The van der Waals surface area contributed by atoms with Crippen LogP contribution in [0.3, 0.4) is 0 Å². The third-order valence-electron chi connectivity index (χ3n) is 2.75. The lowest BCUT2D eigenvalue weighted by Gasteiger charge is -2.29. The van der Waals surface area contributed by atoms with E-state index >= 15 is 0 Å². The second kappa shape index (κ2) is 3.10. The highest BCUT2D eigenvalue weighted by atomic mass is 16.2. The van der Waals surface area contributed by atoms with Gasteiger partial charge in [-0.3, -0.25) is 4.79 Å². The molecule has 2 aliphatic heterocycles. The monoisotopic (exact) mass is 181 g/mol. The summed E-state index contributed by atoms with van der Waals surface area (Å²) in [5.74, 6) is 0.602. The van der Waals surface area contributed by atoms with Crippen LogP contribution < -0.4 is 10.7 Å². The number of hydrogen-bond acceptors (Lipinski definition) is 3. The second-order valence-corrected chi connectivity index (χ2v) is 4.03. The van der Waals surface area contributed by atoms with Crippen LogP contribution in [0.1, 0.15) is 20.3 Å². The first-order chi connectivity index (χ1) is 6.20. The zero-order valence-electron chi connectivity index (χ0n) is 8.00. The Labute approximate surface area is 77.8 Å². The molecule has 2 unspecified atom stereocenters. The standard InChI is InChI=1S/C9H15N3O/c1-5(2)7-8-6(3-4-10-7)9(13)12-11-8/h5-7,10H,3-4H2,1-2H3,(H,12,13). The Kier molecular flexibility index (Phi) is 2.07. The van der Waals surface area contributed by atoms with Gasteiger partial charge >= 0.3 is 0 Å². The predicted octanol–water partition coefficient (Wildman–Crippen LogP) is 0.106. The molecule has 1 fully saturated rings. The van der Waals surface area contributed by atoms with Crippen molar-refractivity contribution in [3.8, 4) is 0 Å². The lowest BCUT2D eigenvalue weighted by atomic mass is 9.85. The molecule has 0 aliphatic carbocycles. The van der Waals surface area contributed by atoms with E-state index < -0.39 is 0 Å². The summed E-state index contributed by atoms with van der Waals surface area (Å²) in [6.07, 6.45) is 0.883. The van der Waals surface area contributed by atoms with Gasteiger partial charge in [0.25, 0.3) is 0 Å². The number of rotatable bonds is 1.